The highest BCUT2D eigenvalue weighted by Crippen LogP contribution is 2.30. The van der Waals surface area contributed by atoms with Gasteiger partial charge in [-0.1, -0.05) is 12.1 Å². The molecule has 0 saturated carbocycles. The van der Waals surface area contributed by atoms with E-state index >= 15 is 0 Å². The smallest absolute Gasteiger partial charge is 0.344 e. The van der Waals surface area contributed by atoms with E-state index in [9.17, 15) is 14.4 Å². The van der Waals surface area contributed by atoms with E-state index < -0.39 is 23.4 Å². The number of piperazine rings is 1. The molecule has 2 aromatic rings. The average Bonchev–Trinajstić information content (AvgIpc) is 3.04. The molecule has 0 radical (unpaired) electrons. The molecule has 1 unspecified atom stereocenters. The number of hydrogen-bond donors (Lipinski definition) is 2. The van der Waals surface area contributed by atoms with Crippen molar-refractivity contribution in [2.75, 3.05) is 44.7 Å². The Bertz CT molecular complexity index is 1010. The number of rotatable bonds is 6. The lowest BCUT2D eigenvalue weighted by atomic mass is 9.92. The molecule has 2 fully saturated rings. The van der Waals surface area contributed by atoms with Crippen molar-refractivity contribution in [2.45, 2.75) is 12.5 Å². The van der Waals surface area contributed by atoms with Crippen molar-refractivity contribution in [1.82, 2.24) is 30.6 Å². The highest BCUT2D eigenvalue weighted by atomic mass is 16.5. The lowest BCUT2D eigenvalue weighted by Gasteiger charge is -2.34. The summed E-state index contributed by atoms with van der Waals surface area (Å²) in [5.74, 6) is 0.226. The van der Waals surface area contributed by atoms with Gasteiger partial charge in [-0.05, 0) is 30.7 Å². The predicted molar refractivity (Wildman–Crippen MR) is 115 cm³/mol. The largest absolute Gasteiger partial charge is 0.497 e. The molecule has 0 spiro atoms. The average molecular weight is 439 g/mol. The van der Waals surface area contributed by atoms with Crippen LogP contribution in [0, 0.1) is 0 Å². The van der Waals surface area contributed by atoms with E-state index in [1.165, 1.54) is 7.11 Å². The van der Waals surface area contributed by atoms with Crippen LogP contribution in [0.2, 0.25) is 0 Å². The summed E-state index contributed by atoms with van der Waals surface area (Å²) in [5.41, 5.74) is 1.70. The number of nitrogens with one attached hydrogen (secondary N) is 2. The maximum atomic E-state index is 13.0. The first-order valence-corrected chi connectivity index (χ1v) is 10.3. The molecule has 11 nitrogen and oxygen atoms in total. The first-order valence-electron chi connectivity index (χ1n) is 10.3. The van der Waals surface area contributed by atoms with Gasteiger partial charge < -0.3 is 15.0 Å². The summed E-state index contributed by atoms with van der Waals surface area (Å²) in [6.07, 6.45) is 3.39. The summed E-state index contributed by atoms with van der Waals surface area (Å²) in [6, 6.07) is 7.97. The van der Waals surface area contributed by atoms with Gasteiger partial charge in [-0.2, -0.15) is 5.01 Å². The second-order valence-corrected chi connectivity index (χ2v) is 7.77. The summed E-state index contributed by atoms with van der Waals surface area (Å²) in [4.78, 5) is 50.5. The Hall–Kier alpha value is -3.73. The number of nitrogens with zero attached hydrogens (tertiary/aromatic N) is 5. The van der Waals surface area contributed by atoms with Crippen LogP contribution in [0.4, 0.5) is 10.7 Å². The van der Waals surface area contributed by atoms with Crippen molar-refractivity contribution in [2.24, 2.45) is 0 Å². The molecule has 168 valence electrons. The van der Waals surface area contributed by atoms with Gasteiger partial charge in [0.25, 0.3) is 11.8 Å². The molecule has 0 aliphatic carbocycles. The Morgan fingerprint density at radius 2 is 1.88 bits per heavy atom. The first-order chi connectivity index (χ1) is 15.4. The van der Waals surface area contributed by atoms with Crippen molar-refractivity contribution >= 4 is 23.8 Å². The fraction of sp³-hybridized carbons (Fsp3) is 0.381. The number of amides is 4. The van der Waals surface area contributed by atoms with Gasteiger partial charge in [0, 0.05) is 38.6 Å². The van der Waals surface area contributed by atoms with Crippen molar-refractivity contribution in [3.8, 4) is 5.75 Å². The molecule has 1 atom stereocenters. The summed E-state index contributed by atoms with van der Waals surface area (Å²) in [6.45, 7) is 4.28. The summed E-state index contributed by atoms with van der Waals surface area (Å²) < 4.78 is 5.21. The van der Waals surface area contributed by atoms with Crippen LogP contribution in [0.3, 0.4) is 0 Å². The molecule has 2 aliphatic rings. The van der Waals surface area contributed by atoms with Crippen molar-refractivity contribution in [3.63, 3.8) is 0 Å². The third kappa shape index (κ3) is 4.19. The second-order valence-electron chi connectivity index (χ2n) is 7.77. The number of carbonyl (C=O) groups is 3. The Kier molecular flexibility index (Phi) is 5.91. The van der Waals surface area contributed by atoms with Crippen LogP contribution in [0.1, 0.15) is 12.5 Å². The zero-order valence-electron chi connectivity index (χ0n) is 17.9. The van der Waals surface area contributed by atoms with Crippen LogP contribution >= 0.6 is 0 Å². The maximum absolute atomic E-state index is 13.0. The molecular weight excluding hydrogens is 414 g/mol. The fourth-order valence-corrected chi connectivity index (χ4v) is 3.79. The van der Waals surface area contributed by atoms with Gasteiger partial charge in [0.1, 0.15) is 11.3 Å². The number of hydrazine groups is 1. The number of hydrogen-bond acceptors (Lipinski definition) is 8. The molecule has 4 rings (SSSR count). The number of ether oxygens (including phenoxy) is 1. The zero-order valence-corrected chi connectivity index (χ0v) is 17.9. The van der Waals surface area contributed by atoms with E-state index in [0.717, 1.165) is 5.01 Å². The molecule has 4 amide bonds. The number of imide groups is 1. The molecule has 1 aromatic carbocycles. The molecule has 11 heteroatoms. The number of carbonyl (C=O) groups excluding carboxylic acids is 3. The van der Waals surface area contributed by atoms with Gasteiger partial charge in [0.2, 0.25) is 5.95 Å². The van der Waals surface area contributed by atoms with E-state index in [0.29, 0.717) is 43.4 Å². The van der Waals surface area contributed by atoms with Crippen LogP contribution in [0.5, 0.6) is 5.75 Å². The zero-order chi connectivity index (χ0) is 22.7. The molecule has 0 bridgehead atoms. The number of benzene rings is 1. The Labute approximate surface area is 185 Å². The van der Waals surface area contributed by atoms with Gasteiger partial charge >= 0.3 is 6.03 Å². The number of urea groups is 1. The van der Waals surface area contributed by atoms with Gasteiger partial charge in [-0.15, -0.1) is 0 Å². The van der Waals surface area contributed by atoms with Gasteiger partial charge in [0.15, 0.2) is 0 Å². The minimum atomic E-state index is -1.31. The van der Waals surface area contributed by atoms with Crippen LogP contribution in [0.15, 0.2) is 42.7 Å². The summed E-state index contributed by atoms with van der Waals surface area (Å²) in [7, 11) is 1.52. The third-order valence-electron chi connectivity index (χ3n) is 5.65. The highest BCUT2D eigenvalue weighted by Gasteiger charge is 2.50. The van der Waals surface area contributed by atoms with E-state index in [-0.39, 0.29) is 6.54 Å². The normalized spacial score (nSPS) is 21.4. The molecular formula is C21H25N7O4. The van der Waals surface area contributed by atoms with E-state index in [4.69, 9.17) is 4.74 Å². The Morgan fingerprint density at radius 1 is 1.16 bits per heavy atom. The monoisotopic (exact) mass is 439 g/mol. The Balaban J connectivity index is 1.34. The van der Waals surface area contributed by atoms with Gasteiger partial charge in [-0.25, -0.2) is 14.8 Å². The molecule has 1 aromatic heterocycles. The van der Waals surface area contributed by atoms with Gasteiger partial charge in [0.05, 0.1) is 13.7 Å². The van der Waals surface area contributed by atoms with Crippen LogP contribution < -0.4 is 20.4 Å². The van der Waals surface area contributed by atoms with E-state index in [1.807, 2.05) is 9.80 Å². The van der Waals surface area contributed by atoms with Crippen LogP contribution in [-0.4, -0.2) is 77.6 Å². The van der Waals surface area contributed by atoms with E-state index in [1.54, 1.807) is 49.6 Å². The highest BCUT2D eigenvalue weighted by molar-refractivity contribution is 6.08. The van der Waals surface area contributed by atoms with Gasteiger partial charge in [-0.3, -0.25) is 19.9 Å². The minimum absolute atomic E-state index is 0.0659. The third-order valence-corrected chi connectivity index (χ3v) is 5.65. The lowest BCUT2D eigenvalue weighted by Crippen LogP contribution is -2.54. The summed E-state index contributed by atoms with van der Waals surface area (Å²) in [5, 5.41) is 3.41. The first kappa shape index (κ1) is 21.5. The molecule has 2 N–H and O–H groups in total. The molecule has 3 heterocycles. The predicted octanol–water partition coefficient (Wildman–Crippen LogP) is 0.106. The number of methoxy groups -OCH3 is 1. The van der Waals surface area contributed by atoms with Crippen molar-refractivity contribution in [1.29, 1.82) is 0 Å². The van der Waals surface area contributed by atoms with Crippen LogP contribution in [-0.2, 0) is 15.1 Å². The fourth-order valence-electron chi connectivity index (χ4n) is 3.79. The van der Waals surface area contributed by atoms with E-state index in [2.05, 4.69) is 20.7 Å². The standard InChI is InChI=1S/C21H25N7O4/c1-21(15-5-3-6-16(13-15)32-2)18(30)28(20(31)24-21)25-17(29)14-26-9-11-27(12-10-26)19-22-7-4-8-23-19/h3-8,13H,9-12,14H2,1-2H3,(H,24,31)(H,25,29). The van der Waals surface area contributed by atoms with Crippen molar-refractivity contribution in [3.05, 3.63) is 48.3 Å². The number of anilines is 1. The van der Waals surface area contributed by atoms with Crippen LogP contribution in [0.25, 0.3) is 0 Å². The lowest BCUT2D eigenvalue weighted by molar-refractivity contribution is -0.139. The number of aromatic nitrogens is 2. The topological polar surface area (TPSA) is 120 Å². The Morgan fingerprint density at radius 3 is 2.56 bits per heavy atom. The molecule has 32 heavy (non-hydrogen) atoms. The molecule has 2 aliphatic heterocycles. The second kappa shape index (κ2) is 8.79. The maximum Gasteiger partial charge on any atom is 0.344 e. The van der Waals surface area contributed by atoms with Crippen molar-refractivity contribution < 1.29 is 19.1 Å². The summed E-state index contributed by atoms with van der Waals surface area (Å²) >= 11 is 0. The quantitative estimate of drug-likeness (QED) is 0.609. The minimum Gasteiger partial charge on any atom is -0.497 e. The SMILES string of the molecule is COc1cccc(C2(C)NC(=O)N(NC(=O)CN3CCN(c4ncccn4)CC3)C2=O)c1. The molecule has 2 saturated heterocycles.